The van der Waals surface area contributed by atoms with Gasteiger partial charge in [0.15, 0.2) is 0 Å². The lowest BCUT2D eigenvalue weighted by Crippen LogP contribution is -2.11. The number of fused-ring (bicyclic) bond motifs is 11. The Morgan fingerprint density at radius 1 is 0.200 bits per heavy atom. The summed E-state index contributed by atoms with van der Waals surface area (Å²) in [5.41, 5.74) is 8.00. The lowest BCUT2D eigenvalue weighted by molar-refractivity contribution is 0.596. The fourth-order valence-electron chi connectivity index (χ4n) is 14.1. The lowest BCUT2D eigenvalue weighted by atomic mass is 9.80. The number of hydrogen-bond acceptors (Lipinski definition) is 0. The van der Waals surface area contributed by atoms with Gasteiger partial charge < -0.3 is 0 Å². The van der Waals surface area contributed by atoms with Crippen molar-refractivity contribution in [2.24, 2.45) is 0 Å². The zero-order valence-corrected chi connectivity index (χ0v) is 40.3. The van der Waals surface area contributed by atoms with E-state index in [1.54, 1.807) is 0 Å². The van der Waals surface area contributed by atoms with Gasteiger partial charge in [-0.05, 0) is 196 Å². The molecule has 0 aliphatic rings. The molecule has 0 radical (unpaired) electrons. The summed E-state index contributed by atoms with van der Waals surface area (Å²) >= 11 is 0. The molecule has 16 aromatic rings. The molecule has 0 N–H and O–H groups in total. The van der Waals surface area contributed by atoms with Crippen molar-refractivity contribution < 1.29 is 0 Å². The number of benzene rings is 14. The first kappa shape index (κ1) is 38.9. The fraction of sp³-hybridized carbons (Fsp3) is 0.114. The molecular formula is C70H48. The standard InChI is InChI=1S/C70H48/c1-69(2,3)57-33-31-41-45-24-26-48-54-36-56-55(35-53(54)47-25-23-43(63(45)65(47)48)39-19-13-21-49(57)61(39)41)59(37-15-9-7-10-16-37)67-51-29-27-44-40-20-14-22-50-58(70(4,5)6)34-32-42(62(40)50)46-28-30-52(66(51)64(44)46)68(67)60(56)38-17-11-8-12-18-38/h7-36H,1-6H3. The van der Waals surface area contributed by atoms with Crippen LogP contribution < -0.4 is 0 Å². The molecule has 0 unspecified atom stereocenters. The van der Waals surface area contributed by atoms with Crippen LogP contribution in [0, 0.1) is 0 Å². The van der Waals surface area contributed by atoms with Crippen molar-refractivity contribution in [3.63, 3.8) is 0 Å². The van der Waals surface area contributed by atoms with E-state index in [0.29, 0.717) is 0 Å². The lowest BCUT2D eigenvalue weighted by Gasteiger charge is -2.23. The smallest absolute Gasteiger partial charge is 0.000740 e. The van der Waals surface area contributed by atoms with Gasteiger partial charge in [-0.25, -0.2) is 0 Å². The minimum atomic E-state index is 0.0294. The largest absolute Gasteiger partial charge is 0.0622 e. The molecule has 328 valence electrons. The predicted molar refractivity (Wildman–Crippen MR) is 307 cm³/mol. The van der Waals surface area contributed by atoms with Gasteiger partial charge in [-0.1, -0.05) is 211 Å². The average molecular weight is 889 g/mol. The van der Waals surface area contributed by atoms with Crippen LogP contribution in [-0.4, -0.2) is 0 Å². The quantitative estimate of drug-likeness (QED) is 0.120. The van der Waals surface area contributed by atoms with Crippen LogP contribution in [0.3, 0.4) is 0 Å². The van der Waals surface area contributed by atoms with Gasteiger partial charge >= 0.3 is 0 Å². The van der Waals surface area contributed by atoms with Crippen LogP contribution in [0.25, 0.3) is 162 Å². The summed E-state index contributed by atoms with van der Waals surface area (Å²) in [5, 5.41) is 35.0. The van der Waals surface area contributed by atoms with Crippen molar-refractivity contribution in [3.05, 3.63) is 193 Å². The van der Waals surface area contributed by atoms with E-state index in [2.05, 4.69) is 224 Å². The van der Waals surface area contributed by atoms with E-state index in [1.807, 2.05) is 0 Å². The van der Waals surface area contributed by atoms with Crippen molar-refractivity contribution >= 4 is 140 Å². The molecule has 0 nitrogen and oxygen atoms in total. The number of rotatable bonds is 2. The topological polar surface area (TPSA) is 0 Å². The molecule has 0 aliphatic carbocycles. The highest BCUT2D eigenvalue weighted by Gasteiger charge is 2.29. The predicted octanol–water partition coefficient (Wildman–Crippen LogP) is 20.4. The third-order valence-electron chi connectivity index (χ3n) is 16.9. The Balaban J connectivity index is 1.10. The molecule has 0 amide bonds. The zero-order valence-electron chi connectivity index (χ0n) is 40.3. The first-order valence-corrected chi connectivity index (χ1v) is 25.2. The first-order chi connectivity index (χ1) is 34.0. The molecule has 0 atom stereocenters. The molecule has 0 heteroatoms. The van der Waals surface area contributed by atoms with Crippen LogP contribution in [0.2, 0.25) is 0 Å². The minimum absolute atomic E-state index is 0.0294. The van der Waals surface area contributed by atoms with E-state index in [4.69, 9.17) is 0 Å². The van der Waals surface area contributed by atoms with Gasteiger partial charge in [-0.3, -0.25) is 0 Å². The molecule has 0 heterocycles. The van der Waals surface area contributed by atoms with Crippen LogP contribution in [0.15, 0.2) is 182 Å². The van der Waals surface area contributed by atoms with Crippen LogP contribution in [0.4, 0.5) is 0 Å². The Morgan fingerprint density at radius 2 is 0.486 bits per heavy atom. The SMILES string of the molecule is CC(C)(C)c1ccc2c3ccc4c5cc6c(-c7ccccc7)c7c8ccc9c%10ccc(C(C)(C)C)c%11cccc(c%12ccc(c7c(-c7ccccc7)c6cc5c5ccc(c6cccc1c62)c3c54)c8c%129)c%11%10. The molecule has 0 fully saturated rings. The Morgan fingerprint density at radius 3 is 0.857 bits per heavy atom. The van der Waals surface area contributed by atoms with Gasteiger partial charge in [0.05, 0.1) is 0 Å². The Bertz CT molecular complexity index is 4690. The van der Waals surface area contributed by atoms with E-state index < -0.39 is 0 Å². The molecule has 70 heavy (non-hydrogen) atoms. The minimum Gasteiger partial charge on any atom is -0.0622 e. The summed E-state index contributed by atoms with van der Waals surface area (Å²) in [4.78, 5) is 0. The maximum absolute atomic E-state index is 2.58. The zero-order chi connectivity index (χ0) is 46.7. The second-order valence-electron chi connectivity index (χ2n) is 22.6. The van der Waals surface area contributed by atoms with Gasteiger partial charge in [-0.15, -0.1) is 0 Å². The highest BCUT2D eigenvalue weighted by molar-refractivity contribution is 6.48. The van der Waals surface area contributed by atoms with E-state index in [0.717, 1.165) is 0 Å². The van der Waals surface area contributed by atoms with Crippen molar-refractivity contribution in [2.45, 2.75) is 52.4 Å². The summed E-state index contributed by atoms with van der Waals surface area (Å²) in [6.45, 7) is 14.0. The summed E-state index contributed by atoms with van der Waals surface area (Å²) in [7, 11) is 0. The molecule has 16 rings (SSSR count). The summed E-state index contributed by atoms with van der Waals surface area (Å²) in [6, 6.07) is 70.8. The monoisotopic (exact) mass is 888 g/mol. The first-order valence-electron chi connectivity index (χ1n) is 25.2. The highest BCUT2D eigenvalue weighted by Crippen LogP contribution is 2.56. The fourth-order valence-corrected chi connectivity index (χ4v) is 14.1. The highest BCUT2D eigenvalue weighted by atomic mass is 14.3. The Labute approximate surface area is 405 Å². The molecule has 0 bridgehead atoms. The van der Waals surface area contributed by atoms with Crippen molar-refractivity contribution in [1.82, 2.24) is 0 Å². The van der Waals surface area contributed by atoms with Gasteiger partial charge in [0.1, 0.15) is 0 Å². The van der Waals surface area contributed by atoms with Crippen LogP contribution in [0.5, 0.6) is 0 Å². The van der Waals surface area contributed by atoms with Crippen LogP contribution >= 0.6 is 0 Å². The summed E-state index contributed by atoms with van der Waals surface area (Å²) < 4.78 is 0. The van der Waals surface area contributed by atoms with Gasteiger partial charge in [-0.2, -0.15) is 0 Å². The number of hydrogen-bond donors (Lipinski definition) is 0. The molecular weight excluding hydrogens is 841 g/mol. The second kappa shape index (κ2) is 13.0. The Kier molecular flexibility index (Phi) is 7.20. The van der Waals surface area contributed by atoms with Crippen LogP contribution in [0.1, 0.15) is 52.7 Å². The normalized spacial score (nSPS) is 13.3. The third-order valence-corrected chi connectivity index (χ3v) is 16.9. The molecule has 0 spiro atoms. The maximum Gasteiger partial charge on any atom is -0.000740 e. The van der Waals surface area contributed by atoms with Gasteiger partial charge in [0.25, 0.3) is 0 Å². The van der Waals surface area contributed by atoms with E-state index in [9.17, 15) is 0 Å². The maximum atomic E-state index is 2.58. The van der Waals surface area contributed by atoms with Gasteiger partial charge in [0.2, 0.25) is 0 Å². The summed E-state index contributed by atoms with van der Waals surface area (Å²) in [6.07, 6.45) is 0. The van der Waals surface area contributed by atoms with E-state index >= 15 is 0 Å². The van der Waals surface area contributed by atoms with E-state index in [1.165, 1.54) is 173 Å². The van der Waals surface area contributed by atoms with Crippen molar-refractivity contribution in [1.29, 1.82) is 0 Å². The molecule has 0 saturated heterocycles. The molecule has 0 aromatic heterocycles. The molecule has 16 aromatic carbocycles. The van der Waals surface area contributed by atoms with Crippen molar-refractivity contribution in [3.8, 4) is 22.3 Å². The third kappa shape index (κ3) is 4.72. The second-order valence-corrected chi connectivity index (χ2v) is 22.6. The molecule has 0 saturated carbocycles. The average Bonchev–Trinajstić information content (AvgIpc) is 3.88. The van der Waals surface area contributed by atoms with Gasteiger partial charge in [0, 0.05) is 0 Å². The summed E-state index contributed by atoms with van der Waals surface area (Å²) in [5.74, 6) is 0. The van der Waals surface area contributed by atoms with E-state index in [-0.39, 0.29) is 10.8 Å². The van der Waals surface area contributed by atoms with Crippen LogP contribution in [-0.2, 0) is 10.8 Å². The Hall–Kier alpha value is -8.06. The van der Waals surface area contributed by atoms with Crippen molar-refractivity contribution in [2.75, 3.05) is 0 Å². The molecule has 0 aliphatic heterocycles.